The zero-order valence-electron chi connectivity index (χ0n) is 10.6. The summed E-state index contributed by atoms with van der Waals surface area (Å²) in [6.07, 6.45) is 7.89. The second-order valence-electron chi connectivity index (χ2n) is 4.08. The van der Waals surface area contributed by atoms with Gasteiger partial charge in [0.2, 0.25) is 0 Å². The second-order valence-corrected chi connectivity index (χ2v) is 4.08. The number of unbranched alkanes of at least 4 members (excludes halogenated alkanes) is 2. The van der Waals surface area contributed by atoms with Crippen LogP contribution in [0.3, 0.4) is 0 Å². The largest absolute Gasteiger partial charge is 0.457 e. The van der Waals surface area contributed by atoms with Gasteiger partial charge in [0.1, 0.15) is 12.3 Å². The van der Waals surface area contributed by atoms with E-state index in [1.807, 2.05) is 6.20 Å². The van der Waals surface area contributed by atoms with Crippen molar-refractivity contribution in [3.8, 4) is 6.01 Å². The highest BCUT2D eigenvalue weighted by atomic mass is 16.5. The normalized spacial score (nSPS) is 10.6. The lowest BCUT2D eigenvalue weighted by Gasteiger charge is -2.00. The first-order valence-electron chi connectivity index (χ1n) is 6.28. The molecule has 0 saturated heterocycles. The number of rotatable bonds is 8. The highest BCUT2D eigenvalue weighted by Gasteiger charge is 2.03. The Hall–Kier alpha value is -2.02. The Bertz CT molecular complexity index is 474. The number of ether oxygens (including phenoxy) is 1. The minimum atomic E-state index is 0.244. The molecule has 0 aliphatic carbocycles. The van der Waals surface area contributed by atoms with E-state index in [4.69, 9.17) is 9.84 Å². The van der Waals surface area contributed by atoms with Gasteiger partial charge in [-0.3, -0.25) is 4.68 Å². The van der Waals surface area contributed by atoms with Crippen molar-refractivity contribution in [2.45, 2.75) is 32.4 Å². The minimum absolute atomic E-state index is 0.244. The average molecular weight is 263 g/mol. The maximum absolute atomic E-state index is 8.68. The summed E-state index contributed by atoms with van der Waals surface area (Å²) < 4.78 is 7.16. The Morgan fingerprint density at radius 3 is 2.79 bits per heavy atom. The fourth-order valence-electron chi connectivity index (χ4n) is 1.57. The summed E-state index contributed by atoms with van der Waals surface area (Å²) in [4.78, 5) is 7.92. The van der Waals surface area contributed by atoms with Crippen molar-refractivity contribution < 1.29 is 9.84 Å². The number of nitrogens with zero attached hydrogens (tertiary/aromatic N) is 5. The summed E-state index contributed by atoms with van der Waals surface area (Å²) in [7, 11) is 0. The third-order valence-corrected chi connectivity index (χ3v) is 2.52. The molecule has 7 nitrogen and oxygen atoms in total. The molecule has 7 heteroatoms. The lowest BCUT2D eigenvalue weighted by atomic mass is 10.2. The van der Waals surface area contributed by atoms with Crippen LogP contribution in [-0.2, 0) is 13.2 Å². The standard InChI is InChI=1S/C12H17N5O2/c18-8-3-1-2-7-17-9-11(15-16-17)10-19-12-13-5-4-6-14-12/h4-6,9,18H,1-3,7-8,10H2. The summed E-state index contributed by atoms with van der Waals surface area (Å²) in [5.41, 5.74) is 0.745. The lowest BCUT2D eigenvalue weighted by Crippen LogP contribution is -2.00. The van der Waals surface area contributed by atoms with Crippen LogP contribution in [0.2, 0.25) is 0 Å². The topological polar surface area (TPSA) is 86.0 Å². The van der Waals surface area contributed by atoms with Crippen molar-refractivity contribution in [2.24, 2.45) is 0 Å². The maximum atomic E-state index is 8.68. The number of aromatic nitrogens is 5. The fraction of sp³-hybridized carbons (Fsp3) is 0.500. The van der Waals surface area contributed by atoms with Crippen LogP contribution in [0.25, 0.3) is 0 Å². The molecule has 1 N–H and O–H groups in total. The van der Waals surface area contributed by atoms with Crippen LogP contribution in [0.15, 0.2) is 24.7 Å². The monoisotopic (exact) mass is 263 g/mol. The van der Waals surface area contributed by atoms with Crippen molar-refractivity contribution in [1.82, 2.24) is 25.0 Å². The van der Waals surface area contributed by atoms with E-state index in [-0.39, 0.29) is 6.61 Å². The minimum Gasteiger partial charge on any atom is -0.457 e. The van der Waals surface area contributed by atoms with E-state index >= 15 is 0 Å². The summed E-state index contributed by atoms with van der Waals surface area (Å²) in [6.45, 7) is 1.35. The lowest BCUT2D eigenvalue weighted by molar-refractivity contribution is 0.276. The second kappa shape index (κ2) is 7.42. The van der Waals surface area contributed by atoms with E-state index in [0.717, 1.165) is 31.5 Å². The molecule has 2 rings (SSSR count). The van der Waals surface area contributed by atoms with Gasteiger partial charge in [-0.25, -0.2) is 9.97 Å². The summed E-state index contributed by atoms with van der Waals surface area (Å²) in [6, 6.07) is 2.06. The third-order valence-electron chi connectivity index (χ3n) is 2.52. The van der Waals surface area contributed by atoms with Gasteiger partial charge in [0.05, 0.1) is 6.20 Å². The predicted octanol–water partition coefficient (Wildman–Crippen LogP) is 0.810. The number of hydrogen-bond acceptors (Lipinski definition) is 6. The first-order valence-corrected chi connectivity index (χ1v) is 6.28. The zero-order chi connectivity index (χ0) is 13.3. The molecular formula is C12H17N5O2. The maximum Gasteiger partial charge on any atom is 0.316 e. The Labute approximate surface area is 111 Å². The van der Waals surface area contributed by atoms with Crippen molar-refractivity contribution in [3.63, 3.8) is 0 Å². The average Bonchev–Trinajstić information content (AvgIpc) is 2.91. The Morgan fingerprint density at radius 2 is 2.00 bits per heavy atom. The highest BCUT2D eigenvalue weighted by Crippen LogP contribution is 2.03. The molecule has 0 radical (unpaired) electrons. The van der Waals surface area contributed by atoms with Crippen molar-refractivity contribution in [3.05, 3.63) is 30.4 Å². The van der Waals surface area contributed by atoms with Gasteiger partial charge in [0.15, 0.2) is 0 Å². The molecule has 2 aromatic rings. The van der Waals surface area contributed by atoms with E-state index in [0.29, 0.717) is 12.6 Å². The van der Waals surface area contributed by atoms with Crippen molar-refractivity contribution in [1.29, 1.82) is 0 Å². The summed E-state index contributed by atoms with van der Waals surface area (Å²) in [5, 5.41) is 16.7. The molecule has 0 amide bonds. The quantitative estimate of drug-likeness (QED) is 0.709. The van der Waals surface area contributed by atoms with E-state index in [2.05, 4.69) is 20.3 Å². The molecule has 0 aliphatic heterocycles. The van der Waals surface area contributed by atoms with Crippen LogP contribution < -0.4 is 4.74 Å². The first kappa shape index (κ1) is 13.4. The molecular weight excluding hydrogens is 246 g/mol. The number of aliphatic hydroxyl groups is 1. The Balaban J connectivity index is 1.74. The predicted molar refractivity (Wildman–Crippen MR) is 67.3 cm³/mol. The molecule has 19 heavy (non-hydrogen) atoms. The van der Waals surface area contributed by atoms with Gasteiger partial charge >= 0.3 is 6.01 Å². The molecule has 0 aliphatic rings. The number of hydrogen-bond donors (Lipinski definition) is 1. The molecule has 2 aromatic heterocycles. The molecule has 0 spiro atoms. The van der Waals surface area contributed by atoms with Crippen molar-refractivity contribution in [2.75, 3.05) is 6.61 Å². The Morgan fingerprint density at radius 1 is 1.16 bits per heavy atom. The molecule has 0 fully saturated rings. The van der Waals surface area contributed by atoms with E-state index in [1.54, 1.807) is 23.1 Å². The third kappa shape index (κ3) is 4.63. The Kier molecular flexibility index (Phi) is 5.24. The smallest absolute Gasteiger partial charge is 0.316 e. The van der Waals surface area contributed by atoms with Crippen LogP contribution in [0.4, 0.5) is 0 Å². The number of aryl methyl sites for hydroxylation is 1. The van der Waals surface area contributed by atoms with Crippen LogP contribution in [-0.4, -0.2) is 36.7 Å². The van der Waals surface area contributed by atoms with Crippen LogP contribution >= 0.6 is 0 Å². The molecule has 102 valence electrons. The van der Waals surface area contributed by atoms with Gasteiger partial charge in [-0.2, -0.15) is 0 Å². The van der Waals surface area contributed by atoms with E-state index in [9.17, 15) is 0 Å². The van der Waals surface area contributed by atoms with Gasteiger partial charge in [-0.1, -0.05) is 5.21 Å². The van der Waals surface area contributed by atoms with Gasteiger partial charge in [-0.05, 0) is 25.3 Å². The van der Waals surface area contributed by atoms with Gasteiger partial charge in [-0.15, -0.1) is 5.10 Å². The van der Waals surface area contributed by atoms with Gasteiger partial charge < -0.3 is 9.84 Å². The molecule has 0 bridgehead atoms. The van der Waals surface area contributed by atoms with Crippen LogP contribution in [0, 0.1) is 0 Å². The van der Waals surface area contributed by atoms with E-state index in [1.165, 1.54) is 0 Å². The van der Waals surface area contributed by atoms with Crippen molar-refractivity contribution >= 4 is 0 Å². The molecule has 0 atom stereocenters. The number of aliphatic hydroxyl groups excluding tert-OH is 1. The molecule has 2 heterocycles. The molecule has 0 saturated carbocycles. The summed E-state index contributed by atoms with van der Waals surface area (Å²) in [5.74, 6) is 0. The van der Waals surface area contributed by atoms with Gasteiger partial charge in [0.25, 0.3) is 0 Å². The highest BCUT2D eigenvalue weighted by molar-refractivity contribution is 4.96. The zero-order valence-corrected chi connectivity index (χ0v) is 10.6. The van der Waals surface area contributed by atoms with Crippen LogP contribution in [0.1, 0.15) is 25.0 Å². The molecule has 0 unspecified atom stereocenters. The summed E-state index contributed by atoms with van der Waals surface area (Å²) >= 11 is 0. The first-order chi connectivity index (χ1) is 9.38. The fourth-order valence-corrected chi connectivity index (χ4v) is 1.57. The SMILES string of the molecule is OCCCCCn1cc(COc2ncccn2)nn1. The molecule has 0 aromatic carbocycles. The van der Waals surface area contributed by atoms with Crippen LogP contribution in [0.5, 0.6) is 6.01 Å². The van der Waals surface area contributed by atoms with E-state index < -0.39 is 0 Å². The van der Waals surface area contributed by atoms with Gasteiger partial charge in [0, 0.05) is 25.5 Å².